The number of nitriles is 1. The minimum atomic E-state index is 0.688. The number of hydrogen-bond donors (Lipinski definition) is 0. The molecule has 3 nitrogen and oxygen atoms in total. The fraction of sp³-hybridized carbons (Fsp3) is 0.238. The molecule has 118 valence electrons. The minimum Gasteiger partial charge on any atom is -0.232 e. The first-order valence-electron chi connectivity index (χ1n) is 8.37. The molecule has 2 aromatic carbocycles. The average Bonchev–Trinajstić information content (AvgIpc) is 3.16. The highest BCUT2D eigenvalue weighted by Gasteiger charge is 2.25. The summed E-state index contributed by atoms with van der Waals surface area (Å²) in [5.41, 5.74) is 9.22. The molecule has 0 saturated heterocycles. The molecule has 0 saturated carbocycles. The third-order valence-corrected chi connectivity index (χ3v) is 4.85. The first kappa shape index (κ1) is 14.7. The van der Waals surface area contributed by atoms with Crippen molar-refractivity contribution in [3.8, 4) is 23.0 Å². The van der Waals surface area contributed by atoms with Crippen LogP contribution >= 0.6 is 0 Å². The Labute approximate surface area is 142 Å². The molecule has 0 unspecified atom stereocenters. The quantitative estimate of drug-likeness (QED) is 0.698. The Bertz CT molecular complexity index is 936. The van der Waals surface area contributed by atoms with Gasteiger partial charge in [0.2, 0.25) is 0 Å². The topological polar surface area (TPSA) is 41.6 Å². The standard InChI is InChI=1S/C21H19N3/c1-14-5-3-6-15(2)20(14)24-21(18-7-4-8-19(18)23-24)17-11-9-16(13-22)10-12-17/h3,5-6,9-12H,4,7-8H2,1-2H3. The lowest BCUT2D eigenvalue weighted by molar-refractivity contribution is 0.799. The van der Waals surface area contributed by atoms with Crippen LogP contribution in [-0.2, 0) is 12.8 Å². The van der Waals surface area contributed by atoms with Gasteiger partial charge in [-0.05, 0) is 56.4 Å². The van der Waals surface area contributed by atoms with Crippen LogP contribution < -0.4 is 0 Å². The van der Waals surface area contributed by atoms with Crippen molar-refractivity contribution in [3.05, 3.63) is 70.4 Å². The monoisotopic (exact) mass is 313 g/mol. The van der Waals surface area contributed by atoms with E-state index < -0.39 is 0 Å². The molecule has 0 N–H and O–H groups in total. The van der Waals surface area contributed by atoms with E-state index in [4.69, 9.17) is 10.4 Å². The maximum Gasteiger partial charge on any atom is 0.0991 e. The molecule has 3 heteroatoms. The van der Waals surface area contributed by atoms with E-state index in [0.717, 1.165) is 18.4 Å². The van der Waals surface area contributed by atoms with Crippen molar-refractivity contribution in [2.24, 2.45) is 0 Å². The Hall–Kier alpha value is -2.86. The van der Waals surface area contributed by atoms with Crippen molar-refractivity contribution < 1.29 is 0 Å². The van der Waals surface area contributed by atoms with Crippen LogP contribution in [0.25, 0.3) is 16.9 Å². The van der Waals surface area contributed by atoms with Crippen LogP contribution in [0.1, 0.15) is 34.4 Å². The molecule has 0 fully saturated rings. The predicted octanol–water partition coefficient (Wildman–Crippen LogP) is 4.52. The molecule has 1 heterocycles. The predicted molar refractivity (Wildman–Crippen MR) is 95.2 cm³/mol. The summed E-state index contributed by atoms with van der Waals surface area (Å²) in [5.74, 6) is 0. The Morgan fingerprint density at radius 3 is 2.38 bits per heavy atom. The summed E-state index contributed by atoms with van der Waals surface area (Å²) in [4.78, 5) is 0. The molecule has 24 heavy (non-hydrogen) atoms. The molecule has 0 radical (unpaired) electrons. The van der Waals surface area contributed by atoms with E-state index in [9.17, 15) is 0 Å². The number of fused-ring (bicyclic) bond motifs is 1. The van der Waals surface area contributed by atoms with Gasteiger partial charge in [-0.2, -0.15) is 10.4 Å². The highest BCUT2D eigenvalue weighted by molar-refractivity contribution is 5.69. The second-order valence-corrected chi connectivity index (χ2v) is 6.47. The van der Waals surface area contributed by atoms with Gasteiger partial charge in [0.05, 0.1) is 28.7 Å². The van der Waals surface area contributed by atoms with Gasteiger partial charge in [-0.15, -0.1) is 0 Å². The van der Waals surface area contributed by atoms with Gasteiger partial charge < -0.3 is 0 Å². The van der Waals surface area contributed by atoms with Crippen LogP contribution in [0.4, 0.5) is 0 Å². The zero-order valence-corrected chi connectivity index (χ0v) is 14.0. The van der Waals surface area contributed by atoms with Crippen molar-refractivity contribution in [3.63, 3.8) is 0 Å². The van der Waals surface area contributed by atoms with Crippen LogP contribution in [0.5, 0.6) is 0 Å². The van der Waals surface area contributed by atoms with Gasteiger partial charge in [0.15, 0.2) is 0 Å². The molecule has 0 spiro atoms. The molecule has 0 bridgehead atoms. The highest BCUT2D eigenvalue weighted by Crippen LogP contribution is 2.35. The Balaban J connectivity index is 1.98. The van der Waals surface area contributed by atoms with E-state index in [0.29, 0.717) is 5.56 Å². The third kappa shape index (κ3) is 2.23. The number of rotatable bonds is 2. The number of para-hydroxylation sites is 1. The number of nitrogens with zero attached hydrogens (tertiary/aromatic N) is 3. The average molecular weight is 313 g/mol. The summed E-state index contributed by atoms with van der Waals surface area (Å²) in [5, 5.41) is 14.0. The fourth-order valence-electron chi connectivity index (χ4n) is 3.69. The van der Waals surface area contributed by atoms with E-state index >= 15 is 0 Å². The van der Waals surface area contributed by atoms with Gasteiger partial charge in [0.1, 0.15) is 0 Å². The zero-order valence-electron chi connectivity index (χ0n) is 14.0. The smallest absolute Gasteiger partial charge is 0.0991 e. The van der Waals surface area contributed by atoms with Crippen molar-refractivity contribution >= 4 is 0 Å². The lowest BCUT2D eigenvalue weighted by Crippen LogP contribution is -2.05. The molecule has 0 atom stereocenters. The Kier molecular flexibility index (Phi) is 3.46. The normalized spacial score (nSPS) is 12.9. The van der Waals surface area contributed by atoms with Crippen molar-refractivity contribution in [2.45, 2.75) is 33.1 Å². The lowest BCUT2D eigenvalue weighted by atomic mass is 10.0. The molecular formula is C21H19N3. The van der Waals surface area contributed by atoms with Crippen LogP contribution in [-0.4, -0.2) is 9.78 Å². The van der Waals surface area contributed by atoms with E-state index in [1.807, 2.05) is 24.3 Å². The summed E-state index contributed by atoms with van der Waals surface area (Å²) in [6.07, 6.45) is 3.31. The lowest BCUT2D eigenvalue weighted by Gasteiger charge is -2.14. The molecule has 4 rings (SSSR count). The summed E-state index contributed by atoms with van der Waals surface area (Å²) >= 11 is 0. The van der Waals surface area contributed by atoms with Gasteiger partial charge in [-0.1, -0.05) is 30.3 Å². The van der Waals surface area contributed by atoms with Crippen molar-refractivity contribution in [2.75, 3.05) is 0 Å². The molecule has 1 aromatic heterocycles. The fourth-order valence-corrected chi connectivity index (χ4v) is 3.69. The van der Waals surface area contributed by atoms with Crippen LogP contribution in [0, 0.1) is 25.2 Å². The molecular weight excluding hydrogens is 294 g/mol. The van der Waals surface area contributed by atoms with E-state index in [-0.39, 0.29) is 0 Å². The van der Waals surface area contributed by atoms with Crippen molar-refractivity contribution in [1.82, 2.24) is 9.78 Å². The zero-order chi connectivity index (χ0) is 16.7. The molecule has 0 amide bonds. The minimum absolute atomic E-state index is 0.688. The first-order chi connectivity index (χ1) is 11.7. The van der Waals surface area contributed by atoms with Crippen LogP contribution in [0.2, 0.25) is 0 Å². The van der Waals surface area contributed by atoms with E-state index in [2.05, 4.69) is 42.8 Å². The second-order valence-electron chi connectivity index (χ2n) is 6.47. The largest absolute Gasteiger partial charge is 0.232 e. The Morgan fingerprint density at radius 1 is 1.00 bits per heavy atom. The summed E-state index contributed by atoms with van der Waals surface area (Å²) < 4.78 is 2.12. The van der Waals surface area contributed by atoms with Gasteiger partial charge in [0, 0.05) is 11.1 Å². The molecule has 1 aliphatic carbocycles. The molecule has 0 aliphatic heterocycles. The maximum absolute atomic E-state index is 9.05. The molecule has 3 aromatic rings. The van der Waals surface area contributed by atoms with E-state index in [1.54, 1.807) is 0 Å². The van der Waals surface area contributed by atoms with Crippen LogP contribution in [0.3, 0.4) is 0 Å². The van der Waals surface area contributed by atoms with Gasteiger partial charge in [-0.25, -0.2) is 4.68 Å². The summed E-state index contributed by atoms with van der Waals surface area (Å²) in [7, 11) is 0. The van der Waals surface area contributed by atoms with Gasteiger partial charge in [-0.3, -0.25) is 0 Å². The Morgan fingerprint density at radius 2 is 1.71 bits per heavy atom. The molecule has 1 aliphatic rings. The summed E-state index contributed by atoms with van der Waals surface area (Å²) in [6, 6.07) is 16.4. The van der Waals surface area contributed by atoms with Gasteiger partial charge in [0.25, 0.3) is 0 Å². The SMILES string of the molecule is Cc1cccc(C)c1-n1nc2c(c1-c1ccc(C#N)cc1)CCC2. The third-order valence-electron chi connectivity index (χ3n) is 4.85. The van der Waals surface area contributed by atoms with Gasteiger partial charge >= 0.3 is 0 Å². The van der Waals surface area contributed by atoms with Crippen LogP contribution in [0.15, 0.2) is 42.5 Å². The number of aryl methyl sites for hydroxylation is 3. The van der Waals surface area contributed by atoms with E-state index in [1.165, 1.54) is 40.2 Å². The second kappa shape index (κ2) is 5.65. The number of benzene rings is 2. The highest BCUT2D eigenvalue weighted by atomic mass is 15.3. The van der Waals surface area contributed by atoms with Crippen molar-refractivity contribution in [1.29, 1.82) is 5.26 Å². The summed E-state index contributed by atoms with van der Waals surface area (Å²) in [6.45, 7) is 4.27. The maximum atomic E-state index is 9.05. The number of hydrogen-bond acceptors (Lipinski definition) is 2. The first-order valence-corrected chi connectivity index (χ1v) is 8.37. The number of aromatic nitrogens is 2.